The number of nitrogen functional groups attached to an aromatic ring is 1. The predicted octanol–water partition coefficient (Wildman–Crippen LogP) is 0.914. The Morgan fingerprint density at radius 1 is 1.38 bits per heavy atom. The van der Waals surface area contributed by atoms with Crippen LogP contribution in [0.2, 0.25) is 0 Å². The van der Waals surface area contributed by atoms with E-state index in [1.807, 2.05) is 6.07 Å². The van der Waals surface area contributed by atoms with E-state index < -0.39 is 0 Å². The molecule has 0 aliphatic rings. The van der Waals surface area contributed by atoms with Crippen molar-refractivity contribution in [2.24, 2.45) is 5.73 Å². The van der Waals surface area contributed by atoms with Crippen molar-refractivity contribution in [1.29, 1.82) is 5.41 Å². The molecule has 0 amide bonds. The van der Waals surface area contributed by atoms with Gasteiger partial charge in [-0.2, -0.15) is 0 Å². The van der Waals surface area contributed by atoms with E-state index in [1.54, 1.807) is 18.3 Å². The number of amidine groups is 1. The second-order valence-corrected chi connectivity index (χ2v) is 2.71. The lowest BCUT2D eigenvalue weighted by Gasteiger charge is -1.99. The maximum atomic E-state index is 7.24. The first kappa shape index (κ1) is 7.67. The highest BCUT2D eigenvalue weighted by Gasteiger charge is 1.98. The molecule has 0 spiro atoms. The summed E-state index contributed by atoms with van der Waals surface area (Å²) in [5.41, 5.74) is 6.84. The van der Waals surface area contributed by atoms with Gasteiger partial charge in [-0.25, -0.2) is 9.97 Å². The Labute approximate surface area is 74.9 Å². The fourth-order valence-electron chi connectivity index (χ4n) is 1.14. The molecule has 0 bridgehead atoms. The van der Waals surface area contributed by atoms with Crippen LogP contribution in [0.15, 0.2) is 30.7 Å². The summed E-state index contributed by atoms with van der Waals surface area (Å²) < 4.78 is 0. The minimum absolute atomic E-state index is 0.0560. The van der Waals surface area contributed by atoms with Gasteiger partial charge in [0.1, 0.15) is 12.2 Å². The zero-order chi connectivity index (χ0) is 9.26. The maximum Gasteiger partial charge on any atom is 0.122 e. The van der Waals surface area contributed by atoms with Crippen molar-refractivity contribution in [2.75, 3.05) is 0 Å². The van der Waals surface area contributed by atoms with Crippen molar-refractivity contribution in [3.63, 3.8) is 0 Å². The van der Waals surface area contributed by atoms with E-state index in [9.17, 15) is 0 Å². The molecule has 0 radical (unpaired) electrons. The average Bonchev–Trinajstić information content (AvgIpc) is 2.17. The molecule has 0 unspecified atom stereocenters. The fraction of sp³-hybridized carbons (Fsp3) is 0. The molecular formula is C9H8N4. The molecular weight excluding hydrogens is 164 g/mol. The maximum absolute atomic E-state index is 7.24. The molecule has 4 nitrogen and oxygen atoms in total. The fourth-order valence-corrected chi connectivity index (χ4v) is 1.14. The van der Waals surface area contributed by atoms with Crippen LogP contribution in [0.3, 0.4) is 0 Å². The lowest BCUT2D eigenvalue weighted by molar-refractivity contribution is 1.22. The van der Waals surface area contributed by atoms with Crippen LogP contribution in [0.5, 0.6) is 0 Å². The molecule has 0 fully saturated rings. The monoisotopic (exact) mass is 172 g/mol. The molecule has 13 heavy (non-hydrogen) atoms. The summed E-state index contributed by atoms with van der Waals surface area (Å²) in [5.74, 6) is 0.0560. The minimum atomic E-state index is 0.0560. The van der Waals surface area contributed by atoms with Crippen LogP contribution in [0.1, 0.15) is 5.56 Å². The number of nitrogens with one attached hydrogen (secondary N) is 1. The first-order chi connectivity index (χ1) is 6.27. The van der Waals surface area contributed by atoms with Crippen LogP contribution in [-0.4, -0.2) is 15.8 Å². The van der Waals surface area contributed by atoms with Crippen LogP contribution in [0.25, 0.3) is 10.9 Å². The van der Waals surface area contributed by atoms with Crippen LogP contribution < -0.4 is 5.73 Å². The molecule has 1 aromatic heterocycles. The zero-order valence-electron chi connectivity index (χ0n) is 6.86. The van der Waals surface area contributed by atoms with Crippen molar-refractivity contribution >= 4 is 16.7 Å². The highest BCUT2D eigenvalue weighted by molar-refractivity contribution is 5.98. The predicted molar refractivity (Wildman–Crippen MR) is 50.6 cm³/mol. The Balaban J connectivity index is 2.69. The molecule has 1 aromatic carbocycles. The quantitative estimate of drug-likeness (QED) is 0.496. The highest BCUT2D eigenvalue weighted by Crippen LogP contribution is 2.11. The summed E-state index contributed by atoms with van der Waals surface area (Å²) in [5, 5.41) is 8.20. The van der Waals surface area contributed by atoms with Gasteiger partial charge in [-0.15, -0.1) is 0 Å². The molecule has 4 heteroatoms. The summed E-state index contributed by atoms with van der Waals surface area (Å²) in [6, 6.07) is 5.42. The van der Waals surface area contributed by atoms with Gasteiger partial charge in [0.05, 0.1) is 5.52 Å². The van der Waals surface area contributed by atoms with E-state index >= 15 is 0 Å². The SMILES string of the molecule is N=C(N)c1ccc2cncnc2c1. The molecule has 0 atom stereocenters. The summed E-state index contributed by atoms with van der Waals surface area (Å²) in [7, 11) is 0. The van der Waals surface area contributed by atoms with Crippen molar-refractivity contribution in [3.05, 3.63) is 36.3 Å². The van der Waals surface area contributed by atoms with E-state index in [0.717, 1.165) is 10.9 Å². The number of rotatable bonds is 1. The van der Waals surface area contributed by atoms with E-state index in [0.29, 0.717) is 5.56 Å². The van der Waals surface area contributed by atoms with Crippen LogP contribution in [0, 0.1) is 5.41 Å². The van der Waals surface area contributed by atoms with Gasteiger partial charge in [-0.3, -0.25) is 5.41 Å². The van der Waals surface area contributed by atoms with Crippen LogP contribution in [0.4, 0.5) is 0 Å². The Bertz CT molecular complexity index is 464. The van der Waals surface area contributed by atoms with Gasteiger partial charge in [0.15, 0.2) is 0 Å². The topological polar surface area (TPSA) is 75.7 Å². The van der Waals surface area contributed by atoms with Gasteiger partial charge in [0.2, 0.25) is 0 Å². The minimum Gasteiger partial charge on any atom is -0.384 e. The highest BCUT2D eigenvalue weighted by atomic mass is 14.8. The Morgan fingerprint density at radius 3 is 3.00 bits per heavy atom. The summed E-state index contributed by atoms with van der Waals surface area (Å²) in [6.45, 7) is 0. The zero-order valence-corrected chi connectivity index (χ0v) is 6.86. The standard InChI is InChI=1S/C9H8N4/c10-9(11)6-1-2-7-4-12-5-13-8(7)3-6/h1-5H,(H3,10,11). The molecule has 1 heterocycles. The Hall–Kier alpha value is -1.97. The molecule has 64 valence electrons. The normalized spacial score (nSPS) is 10.2. The van der Waals surface area contributed by atoms with Gasteiger partial charge >= 0.3 is 0 Å². The van der Waals surface area contributed by atoms with Gasteiger partial charge < -0.3 is 5.73 Å². The van der Waals surface area contributed by atoms with Crippen molar-refractivity contribution < 1.29 is 0 Å². The third kappa shape index (κ3) is 1.33. The third-order valence-electron chi connectivity index (χ3n) is 1.82. The smallest absolute Gasteiger partial charge is 0.122 e. The Kier molecular flexibility index (Phi) is 1.66. The number of nitrogens with two attached hydrogens (primary N) is 1. The van der Waals surface area contributed by atoms with Crippen LogP contribution in [-0.2, 0) is 0 Å². The number of fused-ring (bicyclic) bond motifs is 1. The van der Waals surface area contributed by atoms with E-state index in [2.05, 4.69) is 9.97 Å². The van der Waals surface area contributed by atoms with E-state index in [4.69, 9.17) is 11.1 Å². The summed E-state index contributed by atoms with van der Waals surface area (Å²) in [6.07, 6.45) is 3.21. The van der Waals surface area contributed by atoms with Crippen LogP contribution >= 0.6 is 0 Å². The van der Waals surface area contributed by atoms with Gasteiger partial charge in [-0.05, 0) is 6.07 Å². The molecule has 2 rings (SSSR count). The first-order valence-corrected chi connectivity index (χ1v) is 3.81. The van der Waals surface area contributed by atoms with E-state index in [1.165, 1.54) is 6.33 Å². The number of benzene rings is 1. The first-order valence-electron chi connectivity index (χ1n) is 3.81. The number of aromatic nitrogens is 2. The lowest BCUT2D eigenvalue weighted by atomic mass is 10.1. The molecule has 2 aromatic rings. The lowest BCUT2D eigenvalue weighted by Crippen LogP contribution is -2.10. The largest absolute Gasteiger partial charge is 0.384 e. The van der Waals surface area contributed by atoms with Crippen molar-refractivity contribution in [1.82, 2.24) is 9.97 Å². The summed E-state index contributed by atoms with van der Waals surface area (Å²) >= 11 is 0. The Morgan fingerprint density at radius 2 is 2.23 bits per heavy atom. The molecule has 0 aliphatic heterocycles. The molecule has 3 N–H and O–H groups in total. The summed E-state index contributed by atoms with van der Waals surface area (Å²) in [4.78, 5) is 7.95. The van der Waals surface area contributed by atoms with Crippen molar-refractivity contribution in [2.45, 2.75) is 0 Å². The number of hydrogen-bond acceptors (Lipinski definition) is 3. The van der Waals surface area contributed by atoms with Gasteiger partial charge in [0.25, 0.3) is 0 Å². The molecule has 0 saturated carbocycles. The second-order valence-electron chi connectivity index (χ2n) is 2.71. The van der Waals surface area contributed by atoms with Gasteiger partial charge in [0, 0.05) is 17.1 Å². The van der Waals surface area contributed by atoms with E-state index in [-0.39, 0.29) is 5.84 Å². The second kappa shape index (κ2) is 2.82. The number of hydrogen-bond donors (Lipinski definition) is 2. The van der Waals surface area contributed by atoms with Crippen molar-refractivity contribution in [3.8, 4) is 0 Å². The molecule has 0 saturated heterocycles. The van der Waals surface area contributed by atoms with Gasteiger partial charge in [-0.1, -0.05) is 12.1 Å². The molecule has 0 aliphatic carbocycles. The average molecular weight is 172 g/mol. The third-order valence-corrected chi connectivity index (χ3v) is 1.82. The number of nitrogens with zero attached hydrogens (tertiary/aromatic N) is 2.